The Morgan fingerprint density at radius 3 is 2.47 bits per heavy atom. The summed E-state index contributed by atoms with van der Waals surface area (Å²) >= 11 is 0. The minimum Gasteiger partial charge on any atom is -0.271 e. The Hall–Kier alpha value is -0.0800. The second kappa shape index (κ2) is 6.49. The summed E-state index contributed by atoms with van der Waals surface area (Å²) in [6.07, 6.45) is 8.15. The van der Waals surface area contributed by atoms with E-state index in [0.29, 0.717) is 12.0 Å². The Labute approximate surface area is 95.0 Å². The van der Waals surface area contributed by atoms with Crippen molar-refractivity contribution in [3.8, 4) is 0 Å². The molecule has 0 bridgehead atoms. The van der Waals surface area contributed by atoms with Gasteiger partial charge in [-0.25, -0.2) is 0 Å². The molecular formula is C13H28N2. The van der Waals surface area contributed by atoms with Crippen molar-refractivity contribution in [2.24, 2.45) is 23.6 Å². The highest BCUT2D eigenvalue weighted by atomic mass is 15.2. The van der Waals surface area contributed by atoms with E-state index in [1.165, 1.54) is 38.5 Å². The minimum atomic E-state index is 0.528. The zero-order valence-electron chi connectivity index (χ0n) is 10.6. The highest BCUT2D eigenvalue weighted by Gasteiger charge is 2.32. The second-order valence-corrected chi connectivity index (χ2v) is 5.19. The summed E-state index contributed by atoms with van der Waals surface area (Å²) in [6, 6.07) is 0.528. The molecule has 0 aromatic heterocycles. The van der Waals surface area contributed by atoms with Crippen molar-refractivity contribution in [1.29, 1.82) is 0 Å². The first-order valence-corrected chi connectivity index (χ1v) is 6.70. The highest BCUT2D eigenvalue weighted by Crippen LogP contribution is 2.36. The molecular weight excluding hydrogens is 184 g/mol. The molecule has 0 aliphatic heterocycles. The number of rotatable bonds is 5. The van der Waals surface area contributed by atoms with Gasteiger partial charge in [0.05, 0.1) is 0 Å². The zero-order chi connectivity index (χ0) is 11.3. The molecule has 4 atom stereocenters. The molecule has 3 N–H and O–H groups in total. The van der Waals surface area contributed by atoms with Gasteiger partial charge in [-0.2, -0.15) is 0 Å². The molecule has 1 rings (SSSR count). The molecule has 4 unspecified atom stereocenters. The summed E-state index contributed by atoms with van der Waals surface area (Å²) in [4.78, 5) is 0. The van der Waals surface area contributed by atoms with Gasteiger partial charge in [-0.15, -0.1) is 0 Å². The van der Waals surface area contributed by atoms with Crippen molar-refractivity contribution in [2.45, 2.75) is 65.3 Å². The van der Waals surface area contributed by atoms with Crippen LogP contribution in [0.5, 0.6) is 0 Å². The molecule has 0 amide bonds. The Morgan fingerprint density at radius 2 is 1.93 bits per heavy atom. The summed E-state index contributed by atoms with van der Waals surface area (Å²) in [5, 5.41) is 0. The lowest BCUT2D eigenvalue weighted by Gasteiger charge is -2.39. The lowest BCUT2D eigenvalue weighted by molar-refractivity contribution is 0.141. The average molecular weight is 212 g/mol. The molecule has 1 aliphatic rings. The van der Waals surface area contributed by atoms with E-state index in [2.05, 4.69) is 26.2 Å². The van der Waals surface area contributed by atoms with Crippen molar-refractivity contribution in [3.63, 3.8) is 0 Å². The summed E-state index contributed by atoms with van der Waals surface area (Å²) in [6.45, 7) is 6.91. The lowest BCUT2D eigenvalue weighted by Crippen LogP contribution is -2.48. The van der Waals surface area contributed by atoms with E-state index in [4.69, 9.17) is 5.84 Å². The lowest BCUT2D eigenvalue weighted by atomic mass is 9.71. The fourth-order valence-electron chi connectivity index (χ4n) is 3.18. The summed E-state index contributed by atoms with van der Waals surface area (Å²) in [5.41, 5.74) is 3.09. The topological polar surface area (TPSA) is 38.0 Å². The molecule has 15 heavy (non-hydrogen) atoms. The quantitative estimate of drug-likeness (QED) is 0.543. The van der Waals surface area contributed by atoms with Gasteiger partial charge in [0.25, 0.3) is 0 Å². The van der Waals surface area contributed by atoms with Crippen molar-refractivity contribution in [2.75, 3.05) is 0 Å². The van der Waals surface area contributed by atoms with Crippen LogP contribution in [0.25, 0.3) is 0 Å². The summed E-state index contributed by atoms with van der Waals surface area (Å²) < 4.78 is 0. The van der Waals surface area contributed by atoms with E-state index in [0.717, 1.165) is 11.8 Å². The van der Waals surface area contributed by atoms with Crippen LogP contribution in [0.1, 0.15) is 59.3 Å². The number of hydrogen-bond donors (Lipinski definition) is 2. The number of nitrogens with two attached hydrogens (primary N) is 1. The van der Waals surface area contributed by atoms with Gasteiger partial charge in [-0.05, 0) is 24.2 Å². The monoisotopic (exact) mass is 212 g/mol. The summed E-state index contributed by atoms with van der Waals surface area (Å²) in [5.74, 6) is 8.15. The van der Waals surface area contributed by atoms with E-state index in [9.17, 15) is 0 Å². The molecule has 1 fully saturated rings. The third kappa shape index (κ3) is 3.18. The van der Waals surface area contributed by atoms with E-state index < -0.39 is 0 Å². The molecule has 0 aromatic rings. The van der Waals surface area contributed by atoms with E-state index in [-0.39, 0.29) is 0 Å². The van der Waals surface area contributed by atoms with Crippen LogP contribution in [0.3, 0.4) is 0 Å². The van der Waals surface area contributed by atoms with Crippen molar-refractivity contribution in [3.05, 3.63) is 0 Å². The maximum Gasteiger partial charge on any atom is 0.0266 e. The molecule has 1 saturated carbocycles. The van der Waals surface area contributed by atoms with Crippen LogP contribution in [0.2, 0.25) is 0 Å². The van der Waals surface area contributed by atoms with E-state index >= 15 is 0 Å². The Balaban J connectivity index is 2.63. The standard InChI is InChI=1S/C13H28N2/c1-4-10(3)13(15-14)12-9-7-6-8-11(12)5-2/h10-13,15H,4-9,14H2,1-3H3. The second-order valence-electron chi connectivity index (χ2n) is 5.19. The van der Waals surface area contributed by atoms with Gasteiger partial charge in [-0.1, -0.05) is 52.9 Å². The Kier molecular flexibility index (Phi) is 5.62. The van der Waals surface area contributed by atoms with Gasteiger partial charge >= 0.3 is 0 Å². The Bertz CT molecular complexity index is 170. The average Bonchev–Trinajstić information content (AvgIpc) is 2.30. The molecule has 0 radical (unpaired) electrons. The van der Waals surface area contributed by atoms with Gasteiger partial charge in [0.1, 0.15) is 0 Å². The molecule has 90 valence electrons. The van der Waals surface area contributed by atoms with Crippen LogP contribution in [-0.4, -0.2) is 6.04 Å². The first-order valence-electron chi connectivity index (χ1n) is 6.70. The molecule has 2 heteroatoms. The maximum absolute atomic E-state index is 5.75. The van der Waals surface area contributed by atoms with Crippen LogP contribution in [0.15, 0.2) is 0 Å². The van der Waals surface area contributed by atoms with Crippen LogP contribution in [-0.2, 0) is 0 Å². The van der Waals surface area contributed by atoms with Crippen molar-refractivity contribution < 1.29 is 0 Å². The molecule has 0 heterocycles. The fourth-order valence-corrected chi connectivity index (χ4v) is 3.18. The first-order chi connectivity index (χ1) is 7.24. The van der Waals surface area contributed by atoms with Gasteiger partial charge < -0.3 is 0 Å². The largest absolute Gasteiger partial charge is 0.271 e. The minimum absolute atomic E-state index is 0.528. The molecule has 0 saturated heterocycles. The predicted octanol–water partition coefficient (Wildman–Crippen LogP) is 3.08. The third-order valence-electron chi connectivity index (χ3n) is 4.40. The smallest absolute Gasteiger partial charge is 0.0266 e. The zero-order valence-corrected chi connectivity index (χ0v) is 10.6. The Morgan fingerprint density at radius 1 is 1.27 bits per heavy atom. The van der Waals surface area contributed by atoms with Crippen molar-refractivity contribution >= 4 is 0 Å². The van der Waals surface area contributed by atoms with E-state index in [1.54, 1.807) is 0 Å². The van der Waals surface area contributed by atoms with Gasteiger partial charge in [0.15, 0.2) is 0 Å². The number of nitrogens with one attached hydrogen (secondary N) is 1. The first kappa shape index (κ1) is 13.0. The molecule has 1 aliphatic carbocycles. The molecule has 0 spiro atoms. The maximum atomic E-state index is 5.75. The van der Waals surface area contributed by atoms with Crippen LogP contribution in [0.4, 0.5) is 0 Å². The molecule has 0 aromatic carbocycles. The van der Waals surface area contributed by atoms with Crippen LogP contribution < -0.4 is 11.3 Å². The van der Waals surface area contributed by atoms with Crippen LogP contribution in [0, 0.1) is 17.8 Å². The SMILES string of the molecule is CCC(C)C(NN)C1CCCCC1CC. The van der Waals surface area contributed by atoms with Gasteiger partial charge in [0, 0.05) is 6.04 Å². The van der Waals surface area contributed by atoms with Crippen molar-refractivity contribution in [1.82, 2.24) is 5.43 Å². The predicted molar refractivity (Wildman–Crippen MR) is 66.3 cm³/mol. The summed E-state index contributed by atoms with van der Waals surface area (Å²) in [7, 11) is 0. The third-order valence-corrected chi connectivity index (χ3v) is 4.40. The van der Waals surface area contributed by atoms with Crippen LogP contribution >= 0.6 is 0 Å². The van der Waals surface area contributed by atoms with Gasteiger partial charge in [-0.3, -0.25) is 11.3 Å². The molecule has 2 nitrogen and oxygen atoms in total. The normalized spacial score (nSPS) is 31.2. The number of hydrogen-bond acceptors (Lipinski definition) is 2. The van der Waals surface area contributed by atoms with Gasteiger partial charge in [0.2, 0.25) is 0 Å². The highest BCUT2D eigenvalue weighted by molar-refractivity contribution is 4.86. The fraction of sp³-hybridized carbons (Fsp3) is 1.00. The number of hydrazine groups is 1. The van der Waals surface area contributed by atoms with E-state index in [1.807, 2.05) is 0 Å².